The second-order valence-corrected chi connectivity index (χ2v) is 9.57. The van der Waals surface area contributed by atoms with E-state index in [1.807, 2.05) is 31.2 Å². The van der Waals surface area contributed by atoms with Gasteiger partial charge in [0, 0.05) is 39.4 Å². The van der Waals surface area contributed by atoms with Crippen molar-refractivity contribution in [3.63, 3.8) is 0 Å². The third-order valence-corrected chi connectivity index (χ3v) is 7.62. The molecule has 3 nitrogen and oxygen atoms in total. The van der Waals surface area contributed by atoms with Crippen molar-refractivity contribution >= 4 is 40.7 Å². The van der Waals surface area contributed by atoms with E-state index in [-0.39, 0.29) is 29.7 Å². The molecule has 0 aromatic heterocycles. The van der Waals surface area contributed by atoms with Crippen molar-refractivity contribution in [2.75, 3.05) is 13.2 Å². The Bertz CT molecular complexity index is 991. The van der Waals surface area contributed by atoms with Crippen LogP contribution in [0.25, 0.3) is 0 Å². The maximum Gasteiger partial charge on any atom is 0.230 e. The Labute approximate surface area is 198 Å². The van der Waals surface area contributed by atoms with Gasteiger partial charge in [-0.25, -0.2) is 0 Å². The Hall–Kier alpha value is -1.52. The summed E-state index contributed by atoms with van der Waals surface area (Å²) >= 11 is 19.0. The molecule has 1 N–H and O–H groups in total. The molecule has 0 spiro atoms. The maximum atomic E-state index is 13.2. The van der Waals surface area contributed by atoms with Crippen LogP contribution in [0.15, 0.2) is 54.6 Å². The number of fused-ring (bicyclic) bond motifs is 1. The van der Waals surface area contributed by atoms with Gasteiger partial charge < -0.3 is 10.1 Å². The number of halogens is 3. The van der Waals surface area contributed by atoms with Gasteiger partial charge >= 0.3 is 0 Å². The summed E-state index contributed by atoms with van der Waals surface area (Å²) in [7, 11) is 0. The van der Waals surface area contributed by atoms with E-state index < -0.39 is 5.41 Å². The first-order valence-electron chi connectivity index (χ1n) is 10.7. The number of allylic oxidation sites excluding steroid dienone is 1. The lowest BCUT2D eigenvalue weighted by molar-refractivity contribution is -0.127. The molecule has 1 fully saturated rings. The van der Waals surface area contributed by atoms with E-state index >= 15 is 0 Å². The van der Waals surface area contributed by atoms with Gasteiger partial charge in [0.1, 0.15) is 0 Å². The van der Waals surface area contributed by atoms with E-state index in [4.69, 9.17) is 39.5 Å². The molecule has 1 aliphatic heterocycles. The fourth-order valence-corrected chi connectivity index (χ4v) is 6.01. The quantitative estimate of drug-likeness (QED) is 0.473. The summed E-state index contributed by atoms with van der Waals surface area (Å²) in [5.74, 6) is 0.0952. The van der Waals surface area contributed by atoms with Gasteiger partial charge in [-0.2, -0.15) is 0 Å². The van der Waals surface area contributed by atoms with Gasteiger partial charge in [-0.05, 0) is 48.7 Å². The van der Waals surface area contributed by atoms with E-state index in [1.54, 1.807) is 6.07 Å². The monoisotopic (exact) mass is 477 g/mol. The molecule has 0 bridgehead atoms. The first kappa shape index (κ1) is 22.7. The van der Waals surface area contributed by atoms with Crippen molar-refractivity contribution in [1.29, 1.82) is 0 Å². The zero-order valence-corrected chi connectivity index (χ0v) is 19.8. The number of rotatable bonds is 6. The Morgan fingerprint density at radius 2 is 1.74 bits per heavy atom. The number of hydrogen-bond donors (Lipinski definition) is 1. The number of hydrogen-bond acceptors (Lipinski definition) is 2. The average molecular weight is 479 g/mol. The molecular weight excluding hydrogens is 453 g/mol. The van der Waals surface area contributed by atoms with Crippen LogP contribution < -0.4 is 5.32 Å². The Balaban J connectivity index is 1.89. The van der Waals surface area contributed by atoms with Gasteiger partial charge in [0.15, 0.2) is 0 Å². The molecule has 1 heterocycles. The van der Waals surface area contributed by atoms with Gasteiger partial charge in [-0.1, -0.05) is 72.1 Å². The van der Waals surface area contributed by atoms with Crippen LogP contribution in [-0.4, -0.2) is 25.2 Å². The fraction of sp³-hybridized carbons (Fsp3) is 0.400. The van der Waals surface area contributed by atoms with Crippen LogP contribution in [0.2, 0.25) is 15.1 Å². The van der Waals surface area contributed by atoms with Crippen molar-refractivity contribution in [3.05, 3.63) is 80.8 Å². The highest BCUT2D eigenvalue weighted by molar-refractivity contribution is 6.35. The van der Waals surface area contributed by atoms with E-state index in [2.05, 4.69) is 36.5 Å². The van der Waals surface area contributed by atoms with Crippen molar-refractivity contribution < 1.29 is 9.53 Å². The average Bonchev–Trinajstić information content (AvgIpc) is 3.04. The van der Waals surface area contributed by atoms with Crippen molar-refractivity contribution in [2.24, 2.45) is 11.3 Å². The summed E-state index contributed by atoms with van der Waals surface area (Å²) in [5, 5.41) is 5.15. The first-order chi connectivity index (χ1) is 14.9. The standard InChI is InChI=1S/C25H26Cl3NO2/c1-3-25-12-11-19(18-10-9-17(27)13-20(18)28)22(15-5-7-16(26)8-6-15)23(25)21(14-31-4-2)29-24(25)30/h5-13,19,21-23H,3-4,14H2,1-2H3,(H,29,30)/t19-,21+,22-,23-,25+/m0/s1. The molecule has 0 unspecified atom stereocenters. The van der Waals surface area contributed by atoms with Crippen molar-refractivity contribution in [2.45, 2.75) is 38.1 Å². The van der Waals surface area contributed by atoms with Crippen LogP contribution in [-0.2, 0) is 9.53 Å². The van der Waals surface area contributed by atoms with Crippen LogP contribution in [0.4, 0.5) is 0 Å². The van der Waals surface area contributed by atoms with Crippen LogP contribution in [0.3, 0.4) is 0 Å². The summed E-state index contributed by atoms with van der Waals surface area (Å²) in [5.41, 5.74) is 1.55. The van der Waals surface area contributed by atoms with Gasteiger partial charge in [-0.15, -0.1) is 0 Å². The van der Waals surface area contributed by atoms with Gasteiger partial charge in [0.25, 0.3) is 0 Å². The van der Waals surface area contributed by atoms with Crippen molar-refractivity contribution in [3.8, 4) is 0 Å². The summed E-state index contributed by atoms with van der Waals surface area (Å²) in [4.78, 5) is 13.2. The minimum absolute atomic E-state index is 0.00700. The molecule has 164 valence electrons. The van der Waals surface area contributed by atoms with E-state index in [9.17, 15) is 4.79 Å². The van der Waals surface area contributed by atoms with E-state index in [1.165, 1.54) is 0 Å². The number of ether oxygens (including phenoxy) is 1. The Kier molecular flexibility index (Phi) is 6.69. The van der Waals surface area contributed by atoms with Crippen LogP contribution in [0.1, 0.15) is 43.2 Å². The van der Waals surface area contributed by atoms with E-state index in [0.29, 0.717) is 34.7 Å². The maximum absolute atomic E-state index is 13.2. The third-order valence-electron chi connectivity index (χ3n) is 6.81. The van der Waals surface area contributed by atoms with Gasteiger partial charge in [0.2, 0.25) is 5.91 Å². The minimum Gasteiger partial charge on any atom is -0.380 e. The molecule has 2 aromatic carbocycles. The highest BCUT2D eigenvalue weighted by atomic mass is 35.5. The van der Waals surface area contributed by atoms with Crippen molar-refractivity contribution in [1.82, 2.24) is 5.32 Å². The fourth-order valence-electron chi connectivity index (χ4n) is 5.35. The summed E-state index contributed by atoms with van der Waals surface area (Å²) in [6.45, 7) is 5.13. The zero-order valence-electron chi connectivity index (χ0n) is 17.6. The Morgan fingerprint density at radius 3 is 2.39 bits per heavy atom. The molecule has 1 saturated heterocycles. The first-order valence-corrected chi connectivity index (χ1v) is 11.8. The number of nitrogens with one attached hydrogen (secondary N) is 1. The molecule has 2 aliphatic rings. The smallest absolute Gasteiger partial charge is 0.230 e. The molecule has 0 saturated carbocycles. The molecule has 2 aromatic rings. The van der Waals surface area contributed by atoms with Gasteiger partial charge in [0.05, 0.1) is 18.1 Å². The molecule has 0 radical (unpaired) electrons. The molecule has 6 heteroatoms. The zero-order chi connectivity index (χ0) is 22.2. The third kappa shape index (κ3) is 4.02. The molecule has 31 heavy (non-hydrogen) atoms. The van der Waals surface area contributed by atoms with Gasteiger partial charge in [-0.3, -0.25) is 4.79 Å². The molecular formula is C25H26Cl3NO2. The topological polar surface area (TPSA) is 38.3 Å². The molecule has 5 atom stereocenters. The SMILES string of the molecule is CCOC[C@H]1NC(=O)[C@]2(CC)C=C[C@@H](c3ccc(Cl)cc3Cl)[C@H](c3ccc(Cl)cc3)[C@H]12. The summed E-state index contributed by atoms with van der Waals surface area (Å²) < 4.78 is 5.78. The largest absolute Gasteiger partial charge is 0.380 e. The number of carbonyl (C=O) groups excluding carboxylic acids is 1. The number of benzene rings is 2. The Morgan fingerprint density at radius 1 is 1.03 bits per heavy atom. The number of carbonyl (C=O) groups is 1. The molecule has 4 rings (SSSR count). The highest BCUT2D eigenvalue weighted by Gasteiger charge is 2.58. The normalized spacial score (nSPS) is 29.6. The highest BCUT2D eigenvalue weighted by Crippen LogP contribution is 2.57. The van der Waals surface area contributed by atoms with Crippen LogP contribution >= 0.6 is 34.8 Å². The lowest BCUT2D eigenvalue weighted by Crippen LogP contribution is -2.42. The second-order valence-electron chi connectivity index (χ2n) is 8.29. The predicted octanol–water partition coefficient (Wildman–Crippen LogP) is 6.63. The lowest BCUT2D eigenvalue weighted by Gasteiger charge is -2.44. The summed E-state index contributed by atoms with van der Waals surface area (Å²) in [6.07, 6.45) is 4.96. The predicted molar refractivity (Wildman–Crippen MR) is 127 cm³/mol. The van der Waals surface area contributed by atoms with Crippen LogP contribution in [0.5, 0.6) is 0 Å². The summed E-state index contributed by atoms with van der Waals surface area (Å²) in [6, 6.07) is 13.5. The molecule has 1 aliphatic carbocycles. The van der Waals surface area contributed by atoms with Crippen LogP contribution in [0, 0.1) is 11.3 Å². The lowest BCUT2D eigenvalue weighted by atomic mass is 9.57. The second kappa shape index (κ2) is 9.15. The molecule has 1 amide bonds. The number of amides is 1. The van der Waals surface area contributed by atoms with E-state index in [0.717, 1.165) is 11.1 Å². The minimum atomic E-state index is -0.582.